The maximum atomic E-state index is 12.2. The number of hydrogen-bond acceptors (Lipinski definition) is 2. The lowest BCUT2D eigenvalue weighted by molar-refractivity contribution is -0.226. The zero-order chi connectivity index (χ0) is 12.6. The molecule has 1 rings (SSSR count). The van der Waals surface area contributed by atoms with Crippen molar-refractivity contribution in [1.29, 1.82) is 0 Å². The normalized spacial score (nSPS) is 12.7. The minimum Gasteiger partial charge on any atom is -0.194 e. The summed E-state index contributed by atoms with van der Waals surface area (Å²) in [6.45, 7) is 0. The molecule has 0 amide bonds. The van der Waals surface area contributed by atoms with Gasteiger partial charge >= 0.3 is 12.6 Å². The van der Waals surface area contributed by atoms with Gasteiger partial charge in [0, 0.05) is 4.90 Å². The van der Waals surface area contributed by atoms with E-state index in [1.165, 1.54) is 6.07 Å². The number of nitrogens with zero attached hydrogens (tertiary/aromatic N) is 1. The average molecular weight is 261 g/mol. The molecule has 1 aromatic carbocycles. The van der Waals surface area contributed by atoms with Gasteiger partial charge in [0.15, 0.2) is 0 Å². The average Bonchev–Trinajstić information content (AvgIpc) is 1.97. The topological polar surface area (TPSA) is 3.24 Å². The first-order valence-corrected chi connectivity index (χ1v) is 4.30. The van der Waals surface area contributed by atoms with Crippen LogP contribution in [0.2, 0.25) is 0 Å². The van der Waals surface area contributed by atoms with E-state index in [1.54, 1.807) is 0 Å². The summed E-state index contributed by atoms with van der Waals surface area (Å²) < 4.78 is 73.3. The predicted molar refractivity (Wildman–Crippen MR) is 48.3 cm³/mol. The first-order valence-electron chi connectivity index (χ1n) is 3.85. The van der Waals surface area contributed by atoms with Crippen molar-refractivity contribution >= 4 is 18.3 Å². The van der Waals surface area contributed by atoms with Gasteiger partial charge in [-0.2, -0.15) is 4.90 Å². The van der Waals surface area contributed by atoms with E-state index in [-0.39, 0.29) is 4.90 Å². The standard InChI is InChI=1S/C8H5F6NS/c9-7(10,11)15(8(12,13)14)5-2-1-3-6(16)4-5/h1-4,16H. The molecule has 1 nitrogen and oxygen atoms in total. The second kappa shape index (κ2) is 4.08. The van der Waals surface area contributed by atoms with Crippen LogP contribution in [0.4, 0.5) is 32.0 Å². The number of benzene rings is 1. The van der Waals surface area contributed by atoms with Crippen LogP contribution in [0, 0.1) is 0 Å². The van der Waals surface area contributed by atoms with Gasteiger partial charge < -0.3 is 0 Å². The van der Waals surface area contributed by atoms with Crippen LogP contribution in [-0.4, -0.2) is 12.6 Å². The monoisotopic (exact) mass is 261 g/mol. The summed E-state index contributed by atoms with van der Waals surface area (Å²) in [4.78, 5) is -1.56. The lowest BCUT2D eigenvalue weighted by atomic mass is 10.3. The SMILES string of the molecule is FC(F)(F)N(c1cccc(S)c1)C(F)(F)F. The first-order chi connectivity index (χ1) is 7.12. The van der Waals surface area contributed by atoms with Crippen molar-refractivity contribution < 1.29 is 26.3 Å². The lowest BCUT2D eigenvalue weighted by Crippen LogP contribution is -2.48. The highest BCUT2D eigenvalue weighted by molar-refractivity contribution is 7.80. The maximum Gasteiger partial charge on any atom is 0.491 e. The highest BCUT2D eigenvalue weighted by Gasteiger charge is 2.53. The third-order valence-electron chi connectivity index (χ3n) is 1.60. The van der Waals surface area contributed by atoms with Crippen molar-refractivity contribution in [1.82, 2.24) is 0 Å². The fraction of sp³-hybridized carbons (Fsp3) is 0.250. The number of rotatable bonds is 1. The van der Waals surface area contributed by atoms with Gasteiger partial charge in [-0.15, -0.1) is 39.0 Å². The molecule has 0 bridgehead atoms. The van der Waals surface area contributed by atoms with E-state index >= 15 is 0 Å². The van der Waals surface area contributed by atoms with Crippen molar-refractivity contribution in [3.05, 3.63) is 24.3 Å². The second-order valence-electron chi connectivity index (χ2n) is 2.79. The van der Waals surface area contributed by atoms with Crippen molar-refractivity contribution in [2.24, 2.45) is 0 Å². The molecule has 0 fully saturated rings. The molecule has 90 valence electrons. The number of anilines is 1. The molecule has 0 aliphatic carbocycles. The predicted octanol–water partition coefficient (Wildman–Crippen LogP) is 3.82. The Balaban J connectivity index is 3.23. The molecule has 1 aromatic rings. The third kappa shape index (κ3) is 2.97. The van der Waals surface area contributed by atoms with Crippen LogP contribution in [0.15, 0.2) is 29.2 Å². The minimum atomic E-state index is -5.53. The lowest BCUT2D eigenvalue weighted by Gasteiger charge is -2.28. The molecule has 0 radical (unpaired) electrons. The molecule has 0 aliphatic rings. The van der Waals surface area contributed by atoms with E-state index < -0.39 is 23.2 Å². The second-order valence-corrected chi connectivity index (χ2v) is 3.31. The Morgan fingerprint density at radius 1 is 0.938 bits per heavy atom. The van der Waals surface area contributed by atoms with E-state index in [0.717, 1.165) is 6.07 Å². The zero-order valence-corrected chi connectivity index (χ0v) is 8.37. The quantitative estimate of drug-likeness (QED) is 0.457. The Labute approximate surface area is 92.1 Å². The molecule has 0 saturated carbocycles. The van der Waals surface area contributed by atoms with Crippen molar-refractivity contribution in [2.45, 2.75) is 17.5 Å². The molecular weight excluding hydrogens is 256 g/mol. The first kappa shape index (κ1) is 13.0. The van der Waals surface area contributed by atoms with Gasteiger partial charge in [-0.05, 0) is 18.2 Å². The van der Waals surface area contributed by atoms with Gasteiger partial charge in [-0.1, -0.05) is 6.07 Å². The van der Waals surface area contributed by atoms with Crippen LogP contribution in [0.25, 0.3) is 0 Å². The highest BCUT2D eigenvalue weighted by Crippen LogP contribution is 2.38. The summed E-state index contributed by atoms with van der Waals surface area (Å²) in [5, 5.41) is 0. The van der Waals surface area contributed by atoms with Crippen LogP contribution in [-0.2, 0) is 0 Å². The molecule has 0 aliphatic heterocycles. The van der Waals surface area contributed by atoms with Crippen LogP contribution in [0.1, 0.15) is 0 Å². The van der Waals surface area contributed by atoms with E-state index in [1.807, 2.05) is 0 Å². The Morgan fingerprint density at radius 3 is 1.81 bits per heavy atom. The summed E-state index contributed by atoms with van der Waals surface area (Å²) in [5.74, 6) is 0. The summed E-state index contributed by atoms with van der Waals surface area (Å²) in [6.07, 6.45) is -11.1. The fourth-order valence-electron chi connectivity index (χ4n) is 1.07. The smallest absolute Gasteiger partial charge is 0.194 e. The molecule has 0 heterocycles. The Bertz CT molecular complexity index is 358. The van der Waals surface area contributed by atoms with Gasteiger partial charge in [-0.25, -0.2) is 0 Å². The molecule has 8 heteroatoms. The van der Waals surface area contributed by atoms with E-state index in [9.17, 15) is 26.3 Å². The molecule has 0 aromatic heterocycles. The summed E-state index contributed by atoms with van der Waals surface area (Å²) in [7, 11) is 0. The molecule has 0 atom stereocenters. The van der Waals surface area contributed by atoms with Gasteiger partial charge in [0.2, 0.25) is 0 Å². The van der Waals surface area contributed by atoms with Gasteiger partial charge in [-0.3, -0.25) is 0 Å². The van der Waals surface area contributed by atoms with Crippen LogP contribution in [0.5, 0.6) is 0 Å². The van der Waals surface area contributed by atoms with E-state index in [4.69, 9.17) is 0 Å². The molecule has 16 heavy (non-hydrogen) atoms. The number of alkyl halides is 6. The number of thiol groups is 1. The Morgan fingerprint density at radius 2 is 1.44 bits per heavy atom. The summed E-state index contributed by atoms with van der Waals surface area (Å²) in [5.41, 5.74) is -1.02. The van der Waals surface area contributed by atoms with Crippen LogP contribution in [0.3, 0.4) is 0 Å². The molecular formula is C8H5F6NS. The summed E-state index contributed by atoms with van der Waals surface area (Å²) >= 11 is 3.68. The van der Waals surface area contributed by atoms with Crippen molar-refractivity contribution in [3.63, 3.8) is 0 Å². The fourth-order valence-corrected chi connectivity index (χ4v) is 1.29. The van der Waals surface area contributed by atoms with E-state index in [0.29, 0.717) is 12.1 Å². The molecule has 0 N–H and O–H groups in total. The number of halogens is 6. The van der Waals surface area contributed by atoms with Gasteiger partial charge in [0.1, 0.15) is 0 Å². The Kier molecular flexibility index (Phi) is 3.32. The summed E-state index contributed by atoms with van der Waals surface area (Å²) in [6, 6.07) is 3.73. The van der Waals surface area contributed by atoms with Gasteiger partial charge in [0.25, 0.3) is 0 Å². The zero-order valence-electron chi connectivity index (χ0n) is 7.47. The van der Waals surface area contributed by atoms with Crippen LogP contribution < -0.4 is 4.90 Å². The van der Waals surface area contributed by atoms with Gasteiger partial charge in [0.05, 0.1) is 5.69 Å². The Hall–Kier alpha value is -1.05. The highest BCUT2D eigenvalue weighted by atomic mass is 32.1. The van der Waals surface area contributed by atoms with Crippen molar-refractivity contribution in [3.8, 4) is 0 Å². The largest absolute Gasteiger partial charge is 0.491 e. The molecule has 0 unspecified atom stereocenters. The maximum absolute atomic E-state index is 12.2. The minimum absolute atomic E-state index is 0.0102. The molecule has 0 spiro atoms. The van der Waals surface area contributed by atoms with E-state index in [2.05, 4.69) is 12.6 Å². The number of hydrogen-bond donors (Lipinski definition) is 1. The third-order valence-corrected chi connectivity index (χ3v) is 1.87. The molecule has 0 saturated heterocycles. The van der Waals surface area contributed by atoms with Crippen molar-refractivity contribution in [2.75, 3.05) is 4.90 Å². The van der Waals surface area contributed by atoms with Crippen LogP contribution >= 0.6 is 12.6 Å².